The molecule has 0 fully saturated rings. The van der Waals surface area contributed by atoms with Gasteiger partial charge in [0.05, 0.1) is 19.3 Å². The molecule has 1 aromatic heterocycles. The van der Waals surface area contributed by atoms with Crippen LogP contribution < -0.4 is 9.47 Å². The van der Waals surface area contributed by atoms with Gasteiger partial charge in [-0.1, -0.05) is 18.2 Å². The number of methoxy groups -OCH3 is 1. The fourth-order valence-electron chi connectivity index (χ4n) is 3.15. The molecular formula is C23H18F3NO3. The van der Waals surface area contributed by atoms with E-state index in [-0.39, 0.29) is 0 Å². The highest BCUT2D eigenvalue weighted by Gasteiger charge is 2.30. The minimum absolute atomic E-state index is 0.413. The van der Waals surface area contributed by atoms with Crippen LogP contribution in [0.4, 0.5) is 13.2 Å². The van der Waals surface area contributed by atoms with Gasteiger partial charge < -0.3 is 13.9 Å². The molecule has 0 aliphatic heterocycles. The van der Waals surface area contributed by atoms with Crippen LogP contribution in [0.2, 0.25) is 0 Å². The van der Waals surface area contributed by atoms with Crippen molar-refractivity contribution in [2.75, 3.05) is 13.7 Å². The molecule has 0 radical (unpaired) electrons. The van der Waals surface area contributed by atoms with Crippen LogP contribution in [-0.4, -0.2) is 18.7 Å². The number of ether oxygens (including phenoxy) is 2. The van der Waals surface area contributed by atoms with Crippen LogP contribution in [-0.2, 0) is 6.18 Å². The van der Waals surface area contributed by atoms with Gasteiger partial charge in [0.2, 0.25) is 5.89 Å². The van der Waals surface area contributed by atoms with E-state index in [0.717, 1.165) is 23.3 Å². The van der Waals surface area contributed by atoms with Crippen LogP contribution in [0.5, 0.6) is 11.5 Å². The molecule has 4 rings (SSSR count). The first-order valence-corrected chi connectivity index (χ1v) is 9.28. The number of halogens is 3. The molecule has 0 bridgehead atoms. The maximum atomic E-state index is 12.8. The van der Waals surface area contributed by atoms with Gasteiger partial charge in [-0.2, -0.15) is 13.2 Å². The number of fused-ring (bicyclic) bond motifs is 1. The van der Waals surface area contributed by atoms with E-state index in [2.05, 4.69) is 4.98 Å². The lowest BCUT2D eigenvalue weighted by Gasteiger charge is -2.09. The van der Waals surface area contributed by atoms with E-state index in [9.17, 15) is 13.2 Å². The minimum atomic E-state index is -4.36. The number of oxazole rings is 1. The SMILES string of the molecule is CCOc1ccc(-c2nc3ccc(-c4ccc(C(F)(F)F)cc4)cc3o2)cc1OC. The van der Waals surface area contributed by atoms with Crippen molar-refractivity contribution in [3.8, 4) is 34.1 Å². The number of hydrogen-bond donors (Lipinski definition) is 0. The summed E-state index contributed by atoms with van der Waals surface area (Å²) >= 11 is 0. The topological polar surface area (TPSA) is 44.5 Å². The Labute approximate surface area is 170 Å². The fourth-order valence-corrected chi connectivity index (χ4v) is 3.15. The van der Waals surface area contributed by atoms with Crippen molar-refractivity contribution in [2.45, 2.75) is 13.1 Å². The molecule has 0 aliphatic rings. The Hall–Kier alpha value is -3.48. The van der Waals surface area contributed by atoms with Crippen molar-refractivity contribution in [1.82, 2.24) is 4.98 Å². The molecule has 0 N–H and O–H groups in total. The van der Waals surface area contributed by atoms with Crippen LogP contribution in [0.3, 0.4) is 0 Å². The number of rotatable bonds is 5. The minimum Gasteiger partial charge on any atom is -0.493 e. The van der Waals surface area contributed by atoms with Crippen molar-refractivity contribution in [3.05, 3.63) is 66.2 Å². The molecule has 0 saturated heterocycles. The van der Waals surface area contributed by atoms with Gasteiger partial charge in [0.15, 0.2) is 17.1 Å². The predicted octanol–water partition coefficient (Wildman–Crippen LogP) is 6.59. The van der Waals surface area contributed by atoms with Gasteiger partial charge in [0.25, 0.3) is 0 Å². The van der Waals surface area contributed by atoms with Crippen LogP contribution in [0.15, 0.2) is 65.1 Å². The fraction of sp³-hybridized carbons (Fsp3) is 0.174. The van der Waals surface area contributed by atoms with E-state index >= 15 is 0 Å². The lowest BCUT2D eigenvalue weighted by molar-refractivity contribution is -0.137. The normalized spacial score (nSPS) is 11.6. The predicted molar refractivity (Wildman–Crippen MR) is 108 cm³/mol. The van der Waals surface area contributed by atoms with E-state index in [4.69, 9.17) is 13.9 Å². The van der Waals surface area contributed by atoms with Crippen LogP contribution >= 0.6 is 0 Å². The van der Waals surface area contributed by atoms with Crippen LogP contribution in [0.25, 0.3) is 33.7 Å². The third-order valence-electron chi connectivity index (χ3n) is 4.64. The molecule has 0 spiro atoms. The Bertz CT molecular complexity index is 1180. The average molecular weight is 413 g/mol. The third kappa shape index (κ3) is 3.83. The quantitative estimate of drug-likeness (QED) is 0.370. The molecule has 4 nitrogen and oxygen atoms in total. The first-order chi connectivity index (χ1) is 14.4. The van der Waals surface area contributed by atoms with E-state index in [0.29, 0.717) is 40.7 Å². The van der Waals surface area contributed by atoms with Crippen LogP contribution in [0.1, 0.15) is 12.5 Å². The van der Waals surface area contributed by atoms with Crippen molar-refractivity contribution in [3.63, 3.8) is 0 Å². The molecule has 0 atom stereocenters. The second-order valence-corrected chi connectivity index (χ2v) is 6.58. The van der Waals surface area contributed by atoms with E-state index in [1.807, 2.05) is 13.0 Å². The molecule has 1 heterocycles. The van der Waals surface area contributed by atoms with Gasteiger partial charge in [-0.05, 0) is 60.5 Å². The van der Waals surface area contributed by atoms with Gasteiger partial charge in [-0.15, -0.1) is 0 Å². The second kappa shape index (κ2) is 7.74. The maximum Gasteiger partial charge on any atom is 0.416 e. The molecule has 7 heteroatoms. The Morgan fingerprint density at radius 3 is 2.23 bits per heavy atom. The lowest BCUT2D eigenvalue weighted by Crippen LogP contribution is -2.03. The zero-order chi connectivity index (χ0) is 21.3. The molecule has 0 saturated carbocycles. The highest BCUT2D eigenvalue weighted by Crippen LogP contribution is 2.35. The molecule has 3 aromatic carbocycles. The summed E-state index contributed by atoms with van der Waals surface area (Å²) in [6, 6.07) is 15.8. The molecule has 0 aliphatic carbocycles. The van der Waals surface area contributed by atoms with Crippen molar-refractivity contribution in [1.29, 1.82) is 0 Å². The highest BCUT2D eigenvalue weighted by molar-refractivity contribution is 5.82. The summed E-state index contributed by atoms with van der Waals surface area (Å²) in [5.74, 6) is 1.61. The Balaban J connectivity index is 1.68. The molecule has 30 heavy (non-hydrogen) atoms. The number of aromatic nitrogens is 1. The van der Waals surface area contributed by atoms with Crippen molar-refractivity contribution in [2.24, 2.45) is 0 Å². The first kappa shape index (κ1) is 19.8. The summed E-state index contributed by atoms with van der Waals surface area (Å²) in [5, 5.41) is 0. The standard InChI is InChI=1S/C23H18F3NO3/c1-3-29-19-11-7-16(13-21(19)28-2)22-27-18-10-6-15(12-20(18)30-22)14-4-8-17(9-5-14)23(24,25)26/h4-13H,3H2,1-2H3. The third-order valence-corrected chi connectivity index (χ3v) is 4.64. The summed E-state index contributed by atoms with van der Waals surface area (Å²) in [6.07, 6.45) is -4.36. The van der Waals surface area contributed by atoms with Crippen molar-refractivity contribution < 1.29 is 27.1 Å². The van der Waals surface area contributed by atoms with Crippen molar-refractivity contribution >= 4 is 11.1 Å². The maximum absolute atomic E-state index is 12.8. The smallest absolute Gasteiger partial charge is 0.416 e. The Morgan fingerprint density at radius 2 is 1.57 bits per heavy atom. The van der Waals surface area contributed by atoms with Gasteiger partial charge in [-0.25, -0.2) is 4.98 Å². The van der Waals surface area contributed by atoms with Gasteiger partial charge in [-0.3, -0.25) is 0 Å². The molecule has 0 unspecified atom stereocenters. The summed E-state index contributed by atoms with van der Waals surface area (Å²) < 4.78 is 55.1. The van der Waals surface area contributed by atoms with E-state index in [1.165, 1.54) is 12.1 Å². The summed E-state index contributed by atoms with van der Waals surface area (Å²) in [6.45, 7) is 2.41. The molecule has 154 valence electrons. The van der Waals surface area contributed by atoms with Gasteiger partial charge in [0, 0.05) is 5.56 Å². The molecule has 0 amide bonds. The van der Waals surface area contributed by atoms with Crippen LogP contribution in [0, 0.1) is 0 Å². The Kier molecular flexibility index (Phi) is 5.11. The number of hydrogen-bond acceptors (Lipinski definition) is 4. The number of benzene rings is 3. The van der Waals surface area contributed by atoms with E-state index < -0.39 is 11.7 Å². The molecule has 4 aromatic rings. The first-order valence-electron chi connectivity index (χ1n) is 9.28. The second-order valence-electron chi connectivity index (χ2n) is 6.58. The monoisotopic (exact) mass is 413 g/mol. The number of alkyl halides is 3. The lowest BCUT2D eigenvalue weighted by atomic mass is 10.0. The van der Waals surface area contributed by atoms with Gasteiger partial charge >= 0.3 is 6.18 Å². The molecular weight excluding hydrogens is 395 g/mol. The summed E-state index contributed by atoms with van der Waals surface area (Å²) in [7, 11) is 1.56. The van der Waals surface area contributed by atoms with E-state index in [1.54, 1.807) is 37.4 Å². The summed E-state index contributed by atoms with van der Waals surface area (Å²) in [4.78, 5) is 4.50. The highest BCUT2D eigenvalue weighted by atomic mass is 19.4. The van der Waals surface area contributed by atoms with Gasteiger partial charge in [0.1, 0.15) is 5.52 Å². The Morgan fingerprint density at radius 1 is 0.867 bits per heavy atom. The zero-order valence-corrected chi connectivity index (χ0v) is 16.3. The zero-order valence-electron chi connectivity index (χ0n) is 16.3. The number of nitrogens with zero attached hydrogens (tertiary/aromatic N) is 1. The largest absolute Gasteiger partial charge is 0.493 e. The average Bonchev–Trinajstić information content (AvgIpc) is 3.17. The summed E-state index contributed by atoms with van der Waals surface area (Å²) in [5.41, 5.74) is 2.62.